The largest absolute Gasteiger partial charge is 0.545 e. The van der Waals surface area contributed by atoms with Crippen LogP contribution in [-0.4, -0.2) is 97.1 Å². The SMILES string of the molecule is COCCOCCOCCOCCN1CCOCC1.O=C([O-])c1ccccc1.c1ccc([S+](c2ccccc2)c2ccccc2)cc1. The molecule has 0 spiro atoms. The van der Waals surface area contributed by atoms with Gasteiger partial charge in [0, 0.05) is 26.7 Å². The first-order valence-corrected chi connectivity index (χ1v) is 17.1. The van der Waals surface area contributed by atoms with Crippen molar-refractivity contribution in [2.75, 3.05) is 86.2 Å². The number of carboxylic acids is 1. The Morgan fingerprint density at radius 2 is 1.00 bits per heavy atom. The quantitative estimate of drug-likeness (QED) is 0.125. The van der Waals surface area contributed by atoms with Gasteiger partial charge in [-0.25, -0.2) is 0 Å². The molecule has 0 unspecified atom stereocenters. The Morgan fingerprint density at radius 3 is 1.38 bits per heavy atom. The number of rotatable bonds is 16. The number of methoxy groups -OCH3 is 1. The van der Waals surface area contributed by atoms with E-state index in [4.69, 9.17) is 23.7 Å². The first-order valence-electron chi connectivity index (χ1n) is 15.9. The van der Waals surface area contributed by atoms with Gasteiger partial charge < -0.3 is 33.6 Å². The Bertz CT molecular complexity index is 1220. The fourth-order valence-corrected chi connectivity index (χ4v) is 6.46. The molecular weight excluding hydrogens is 614 g/mol. The van der Waals surface area contributed by atoms with Crippen molar-refractivity contribution < 1.29 is 33.6 Å². The fourth-order valence-electron chi connectivity index (χ4n) is 4.35. The van der Waals surface area contributed by atoms with Crippen molar-refractivity contribution in [3.8, 4) is 0 Å². The van der Waals surface area contributed by atoms with Crippen molar-refractivity contribution in [3.63, 3.8) is 0 Å². The predicted molar refractivity (Wildman–Crippen MR) is 184 cm³/mol. The second kappa shape index (κ2) is 24.6. The summed E-state index contributed by atoms with van der Waals surface area (Å²) in [5.41, 5.74) is 0.220. The summed E-state index contributed by atoms with van der Waals surface area (Å²) in [7, 11) is 1.65. The van der Waals surface area contributed by atoms with Crippen LogP contribution in [-0.2, 0) is 34.6 Å². The second-order valence-corrected chi connectivity index (χ2v) is 12.2. The molecule has 0 bridgehead atoms. The van der Waals surface area contributed by atoms with Crippen LogP contribution in [0.2, 0.25) is 0 Å². The van der Waals surface area contributed by atoms with Gasteiger partial charge in [0.1, 0.15) is 0 Å². The Hall–Kier alpha value is -3.54. The van der Waals surface area contributed by atoms with Crippen molar-refractivity contribution in [2.45, 2.75) is 14.7 Å². The molecule has 0 amide bonds. The molecule has 252 valence electrons. The zero-order valence-electron chi connectivity index (χ0n) is 27.2. The number of carboxylic acid groups (broad SMARTS) is 1. The average molecular weight is 662 g/mol. The standard InChI is InChI=1S/C18H15S.C13H27NO5.C7H6O2/c1-4-10-16(11-5-1)19(17-12-6-2-7-13-17)18-14-8-3-9-15-18;1-15-8-9-18-12-13-19-11-10-17-7-4-14-2-5-16-6-3-14;8-7(9)6-4-2-1-3-5-6/h1-15H;2-13H2,1H3;1-5H,(H,8,9)/q+1;;/p-1. The van der Waals surface area contributed by atoms with Crippen LogP contribution in [0.1, 0.15) is 10.4 Å². The number of nitrogens with zero attached hydrogens (tertiary/aromatic N) is 1. The molecule has 0 saturated carbocycles. The van der Waals surface area contributed by atoms with Crippen molar-refractivity contribution in [1.29, 1.82) is 0 Å². The number of hydrogen-bond donors (Lipinski definition) is 0. The summed E-state index contributed by atoms with van der Waals surface area (Å²) in [6.45, 7) is 9.17. The second-order valence-electron chi connectivity index (χ2n) is 10.2. The normalized spacial score (nSPS) is 12.8. The lowest BCUT2D eigenvalue weighted by Crippen LogP contribution is -2.38. The Morgan fingerprint density at radius 1 is 0.617 bits per heavy atom. The van der Waals surface area contributed by atoms with E-state index >= 15 is 0 Å². The molecule has 0 radical (unpaired) electrons. The van der Waals surface area contributed by atoms with Gasteiger partial charge in [-0.2, -0.15) is 0 Å². The number of morpholine rings is 1. The summed E-state index contributed by atoms with van der Waals surface area (Å²) in [5, 5.41) is 10.1. The molecule has 1 heterocycles. The number of hydrogen-bond acceptors (Lipinski definition) is 8. The van der Waals surface area contributed by atoms with Crippen molar-refractivity contribution >= 4 is 16.9 Å². The van der Waals surface area contributed by atoms with Crippen LogP contribution >= 0.6 is 0 Å². The monoisotopic (exact) mass is 661 g/mol. The topological polar surface area (TPSA) is 89.5 Å². The van der Waals surface area contributed by atoms with Gasteiger partial charge in [-0.05, 0) is 42.0 Å². The maximum Gasteiger partial charge on any atom is 0.166 e. The van der Waals surface area contributed by atoms with E-state index in [9.17, 15) is 9.90 Å². The third-order valence-electron chi connectivity index (χ3n) is 6.78. The lowest BCUT2D eigenvalue weighted by molar-refractivity contribution is -0.255. The van der Waals surface area contributed by atoms with Crippen LogP contribution in [0.5, 0.6) is 0 Å². The number of carbonyl (C=O) groups is 1. The number of aromatic carboxylic acids is 1. The summed E-state index contributed by atoms with van der Waals surface area (Å²) >= 11 is 0. The third kappa shape index (κ3) is 16.2. The van der Waals surface area contributed by atoms with Crippen molar-refractivity contribution in [1.82, 2.24) is 4.90 Å². The van der Waals surface area contributed by atoms with Crippen LogP contribution in [0.3, 0.4) is 0 Å². The highest BCUT2D eigenvalue weighted by atomic mass is 32.2. The summed E-state index contributed by atoms with van der Waals surface area (Å²) in [4.78, 5) is 16.5. The van der Waals surface area contributed by atoms with Gasteiger partial charge in [0.15, 0.2) is 14.7 Å². The zero-order chi connectivity index (χ0) is 33.2. The lowest BCUT2D eigenvalue weighted by atomic mass is 10.2. The minimum absolute atomic E-state index is 0.0146. The molecule has 8 nitrogen and oxygen atoms in total. The molecule has 0 aliphatic carbocycles. The van der Waals surface area contributed by atoms with Crippen molar-refractivity contribution in [3.05, 3.63) is 127 Å². The molecule has 1 aliphatic heterocycles. The van der Waals surface area contributed by atoms with Crippen LogP contribution in [0.15, 0.2) is 136 Å². The Kier molecular flexibility index (Phi) is 19.9. The zero-order valence-corrected chi connectivity index (χ0v) is 28.1. The predicted octanol–water partition coefficient (Wildman–Crippen LogP) is 4.85. The maximum absolute atomic E-state index is 10.1. The van der Waals surface area contributed by atoms with Crippen LogP contribution in [0.25, 0.3) is 0 Å². The van der Waals surface area contributed by atoms with E-state index in [0.29, 0.717) is 39.6 Å². The molecule has 1 saturated heterocycles. The first kappa shape index (κ1) is 37.9. The van der Waals surface area contributed by atoms with E-state index in [1.165, 1.54) is 26.8 Å². The molecule has 9 heteroatoms. The van der Waals surface area contributed by atoms with Gasteiger partial charge in [-0.1, -0.05) is 84.9 Å². The van der Waals surface area contributed by atoms with E-state index in [1.807, 2.05) is 0 Å². The van der Waals surface area contributed by atoms with Gasteiger partial charge in [0.05, 0.1) is 76.3 Å². The number of carbonyl (C=O) groups excluding carboxylic acids is 1. The maximum atomic E-state index is 10.1. The summed E-state index contributed by atoms with van der Waals surface area (Å²) in [6.07, 6.45) is 0. The molecule has 1 fully saturated rings. The molecule has 4 aromatic carbocycles. The summed E-state index contributed by atoms with van der Waals surface area (Å²) < 4.78 is 26.3. The van der Waals surface area contributed by atoms with Crippen LogP contribution in [0.4, 0.5) is 0 Å². The molecular formula is C38H47NO7S. The highest BCUT2D eigenvalue weighted by molar-refractivity contribution is 7.97. The number of benzene rings is 4. The summed E-state index contributed by atoms with van der Waals surface area (Å²) in [6, 6.07) is 40.2. The van der Waals surface area contributed by atoms with Crippen LogP contribution in [0, 0.1) is 0 Å². The van der Waals surface area contributed by atoms with Gasteiger partial charge in [0.25, 0.3) is 0 Å². The van der Waals surface area contributed by atoms with Crippen LogP contribution < -0.4 is 5.11 Å². The fraction of sp³-hybridized carbons (Fsp3) is 0.342. The smallest absolute Gasteiger partial charge is 0.166 e. The van der Waals surface area contributed by atoms with Crippen molar-refractivity contribution in [2.24, 2.45) is 0 Å². The van der Waals surface area contributed by atoms with E-state index in [-0.39, 0.29) is 16.5 Å². The highest BCUT2D eigenvalue weighted by Crippen LogP contribution is 2.30. The van der Waals surface area contributed by atoms with Gasteiger partial charge in [-0.15, -0.1) is 0 Å². The average Bonchev–Trinajstić information content (AvgIpc) is 3.13. The molecule has 4 aromatic rings. The molecule has 0 N–H and O–H groups in total. The van der Waals surface area contributed by atoms with E-state index in [2.05, 4.69) is 95.9 Å². The number of ether oxygens (including phenoxy) is 5. The van der Waals surface area contributed by atoms with E-state index in [0.717, 1.165) is 39.5 Å². The Labute approximate surface area is 282 Å². The minimum atomic E-state index is -1.13. The molecule has 5 rings (SSSR count). The molecule has 1 aliphatic rings. The molecule has 0 aromatic heterocycles. The van der Waals surface area contributed by atoms with E-state index in [1.54, 1.807) is 25.3 Å². The molecule has 47 heavy (non-hydrogen) atoms. The molecule has 0 atom stereocenters. The highest BCUT2D eigenvalue weighted by Gasteiger charge is 2.27. The minimum Gasteiger partial charge on any atom is -0.545 e. The van der Waals surface area contributed by atoms with E-state index < -0.39 is 5.97 Å². The van der Waals surface area contributed by atoms with Gasteiger partial charge in [0.2, 0.25) is 0 Å². The van der Waals surface area contributed by atoms with Gasteiger partial charge >= 0.3 is 0 Å². The third-order valence-corrected chi connectivity index (χ3v) is 9.01. The lowest BCUT2D eigenvalue weighted by Gasteiger charge is -2.26. The van der Waals surface area contributed by atoms with Gasteiger partial charge in [-0.3, -0.25) is 4.90 Å². The summed E-state index contributed by atoms with van der Waals surface area (Å²) in [5.74, 6) is -1.13. The first-order chi connectivity index (χ1) is 23.2. The Balaban J connectivity index is 0.000000204.